The minimum atomic E-state index is -0.586. The smallest absolute Gasteiger partial charge is 0.283 e. The fraction of sp³-hybridized carbons (Fsp3) is 0.500. The lowest BCUT2D eigenvalue weighted by atomic mass is 10.3. The van der Waals surface area contributed by atoms with Crippen molar-refractivity contribution >= 4 is 27.5 Å². The van der Waals surface area contributed by atoms with E-state index in [4.69, 9.17) is 10.5 Å². The number of carbonyl (C=O) groups excluding carboxylic acids is 1. The quantitative estimate of drug-likeness (QED) is 0.765. The third kappa shape index (κ3) is 3.54. The van der Waals surface area contributed by atoms with Gasteiger partial charge in [0.1, 0.15) is 10.5 Å². The van der Waals surface area contributed by atoms with Crippen LogP contribution in [0.1, 0.15) is 6.92 Å². The maximum Gasteiger partial charge on any atom is 0.283 e. The molecule has 1 aromatic rings. The molecule has 0 radical (unpaired) electrons. The number of nitrogens with two attached hydrogens (primary N) is 1. The molecule has 1 atom stereocenters. The molecule has 1 rings (SSSR count). The summed E-state index contributed by atoms with van der Waals surface area (Å²) in [5, 5.41) is 6.77. The van der Waals surface area contributed by atoms with Crippen LogP contribution < -0.4 is 16.6 Å². The number of rotatable bonds is 6. The van der Waals surface area contributed by atoms with Crippen LogP contribution in [-0.2, 0) is 16.1 Å². The number of primary amides is 1. The number of nitrogens with zero attached hydrogens (tertiary/aromatic N) is 2. The molecule has 0 bridgehead atoms. The Morgan fingerprint density at radius 1 is 1.72 bits per heavy atom. The van der Waals surface area contributed by atoms with Gasteiger partial charge in [-0.15, -0.1) is 0 Å². The van der Waals surface area contributed by atoms with Gasteiger partial charge < -0.3 is 15.8 Å². The average molecular weight is 319 g/mol. The van der Waals surface area contributed by atoms with Crippen LogP contribution in [0.4, 0.5) is 5.69 Å². The predicted molar refractivity (Wildman–Crippen MR) is 70.4 cm³/mol. The lowest BCUT2D eigenvalue weighted by Gasteiger charge is -2.13. The van der Waals surface area contributed by atoms with Gasteiger partial charge in [-0.2, -0.15) is 5.10 Å². The van der Waals surface area contributed by atoms with Crippen molar-refractivity contribution in [2.45, 2.75) is 19.5 Å². The predicted octanol–water partition coefficient (Wildman–Crippen LogP) is -0.0621. The summed E-state index contributed by atoms with van der Waals surface area (Å²) in [5.41, 5.74) is 5.26. The SMILES string of the molecule is COCCn1ncc(NC(C)C(N)=O)c(Br)c1=O. The van der Waals surface area contributed by atoms with E-state index in [1.54, 1.807) is 14.0 Å². The molecule has 0 aliphatic rings. The van der Waals surface area contributed by atoms with Crippen LogP contribution in [0, 0.1) is 0 Å². The zero-order valence-electron chi connectivity index (χ0n) is 10.1. The Labute approximate surface area is 112 Å². The number of anilines is 1. The molecule has 1 heterocycles. The summed E-state index contributed by atoms with van der Waals surface area (Å²) in [7, 11) is 1.55. The van der Waals surface area contributed by atoms with Crippen LogP contribution in [0.25, 0.3) is 0 Å². The molecule has 7 nitrogen and oxygen atoms in total. The van der Waals surface area contributed by atoms with Gasteiger partial charge in [0.2, 0.25) is 5.91 Å². The Balaban J connectivity index is 2.94. The normalized spacial score (nSPS) is 12.2. The number of ether oxygens (including phenoxy) is 1. The van der Waals surface area contributed by atoms with E-state index in [9.17, 15) is 9.59 Å². The minimum Gasteiger partial charge on any atom is -0.383 e. The van der Waals surface area contributed by atoms with Gasteiger partial charge in [0.15, 0.2) is 0 Å². The molecular weight excluding hydrogens is 304 g/mol. The number of hydrogen-bond donors (Lipinski definition) is 2. The molecule has 0 aliphatic carbocycles. The molecule has 0 aromatic carbocycles. The first kappa shape index (κ1) is 14.7. The van der Waals surface area contributed by atoms with E-state index in [2.05, 4.69) is 26.3 Å². The van der Waals surface area contributed by atoms with Gasteiger partial charge in [-0.3, -0.25) is 9.59 Å². The van der Waals surface area contributed by atoms with Crippen LogP contribution in [0.15, 0.2) is 15.5 Å². The number of halogens is 1. The molecular formula is C10H15BrN4O3. The summed E-state index contributed by atoms with van der Waals surface area (Å²) < 4.78 is 6.45. The highest BCUT2D eigenvalue weighted by Crippen LogP contribution is 2.16. The fourth-order valence-electron chi connectivity index (χ4n) is 1.21. The van der Waals surface area contributed by atoms with E-state index >= 15 is 0 Å². The number of aromatic nitrogens is 2. The second-order valence-electron chi connectivity index (χ2n) is 3.66. The molecule has 0 saturated carbocycles. The van der Waals surface area contributed by atoms with Crippen molar-refractivity contribution in [2.24, 2.45) is 5.73 Å². The Morgan fingerprint density at radius 3 is 2.94 bits per heavy atom. The van der Waals surface area contributed by atoms with Crippen molar-refractivity contribution in [3.05, 3.63) is 21.0 Å². The molecule has 8 heteroatoms. The number of amides is 1. The maximum absolute atomic E-state index is 11.9. The zero-order valence-corrected chi connectivity index (χ0v) is 11.7. The molecule has 0 fully saturated rings. The fourth-order valence-corrected chi connectivity index (χ4v) is 1.63. The third-order valence-corrected chi connectivity index (χ3v) is 3.06. The van der Waals surface area contributed by atoms with Crippen LogP contribution in [-0.4, -0.2) is 35.4 Å². The molecule has 1 amide bonds. The van der Waals surface area contributed by atoms with E-state index < -0.39 is 11.9 Å². The van der Waals surface area contributed by atoms with E-state index in [-0.39, 0.29) is 5.56 Å². The van der Waals surface area contributed by atoms with Crippen molar-refractivity contribution in [3.8, 4) is 0 Å². The highest BCUT2D eigenvalue weighted by atomic mass is 79.9. The van der Waals surface area contributed by atoms with Crippen molar-refractivity contribution in [3.63, 3.8) is 0 Å². The molecule has 18 heavy (non-hydrogen) atoms. The van der Waals surface area contributed by atoms with Gasteiger partial charge in [-0.25, -0.2) is 4.68 Å². The summed E-state index contributed by atoms with van der Waals surface area (Å²) in [6.07, 6.45) is 1.46. The van der Waals surface area contributed by atoms with Crippen molar-refractivity contribution < 1.29 is 9.53 Å². The van der Waals surface area contributed by atoms with E-state index in [1.165, 1.54) is 10.9 Å². The van der Waals surface area contributed by atoms with Crippen LogP contribution in [0.2, 0.25) is 0 Å². The highest BCUT2D eigenvalue weighted by molar-refractivity contribution is 9.10. The summed E-state index contributed by atoms with van der Waals surface area (Å²) in [6, 6.07) is -0.586. The maximum atomic E-state index is 11.9. The average Bonchev–Trinajstić information content (AvgIpc) is 2.34. The first-order chi connectivity index (χ1) is 8.47. The molecule has 1 aromatic heterocycles. The summed E-state index contributed by atoms with van der Waals surface area (Å²) in [6.45, 7) is 2.36. The van der Waals surface area contributed by atoms with Gasteiger partial charge in [-0.1, -0.05) is 0 Å². The Morgan fingerprint density at radius 2 is 2.39 bits per heavy atom. The molecule has 3 N–H and O–H groups in total. The largest absolute Gasteiger partial charge is 0.383 e. The second-order valence-corrected chi connectivity index (χ2v) is 4.45. The lowest BCUT2D eigenvalue weighted by molar-refractivity contribution is -0.118. The summed E-state index contributed by atoms with van der Waals surface area (Å²) in [4.78, 5) is 22.8. The Kier molecular flexibility index (Phi) is 5.29. The van der Waals surface area contributed by atoms with E-state index in [1.807, 2.05) is 0 Å². The summed E-state index contributed by atoms with van der Waals surface area (Å²) >= 11 is 3.17. The molecule has 100 valence electrons. The van der Waals surface area contributed by atoms with Crippen LogP contribution in [0.3, 0.4) is 0 Å². The molecule has 0 saturated heterocycles. The van der Waals surface area contributed by atoms with Crippen LogP contribution >= 0.6 is 15.9 Å². The highest BCUT2D eigenvalue weighted by Gasteiger charge is 2.13. The van der Waals surface area contributed by atoms with Crippen molar-refractivity contribution in [1.82, 2.24) is 9.78 Å². The molecule has 0 spiro atoms. The lowest BCUT2D eigenvalue weighted by Crippen LogP contribution is -2.34. The number of nitrogens with one attached hydrogen (secondary N) is 1. The topological polar surface area (TPSA) is 99.2 Å². The second kappa shape index (κ2) is 6.50. The van der Waals surface area contributed by atoms with Gasteiger partial charge in [0.05, 0.1) is 25.0 Å². The molecule has 0 aliphatic heterocycles. The van der Waals surface area contributed by atoms with Gasteiger partial charge >= 0.3 is 0 Å². The standard InChI is InChI=1S/C10H15BrN4O3/c1-6(9(12)16)14-7-5-13-15(3-4-18-2)10(17)8(7)11/h5-6,14H,3-4H2,1-2H3,(H2,12,16). The van der Waals surface area contributed by atoms with Crippen molar-refractivity contribution in [2.75, 3.05) is 19.0 Å². The van der Waals surface area contributed by atoms with Gasteiger partial charge in [-0.05, 0) is 22.9 Å². The first-order valence-corrected chi connectivity index (χ1v) is 6.07. The van der Waals surface area contributed by atoms with E-state index in [0.717, 1.165) is 0 Å². The molecule has 1 unspecified atom stereocenters. The minimum absolute atomic E-state index is 0.297. The zero-order chi connectivity index (χ0) is 13.7. The number of carbonyl (C=O) groups is 1. The summed E-state index contributed by atoms with van der Waals surface area (Å²) in [5.74, 6) is -0.509. The third-order valence-electron chi connectivity index (χ3n) is 2.29. The number of methoxy groups -OCH3 is 1. The van der Waals surface area contributed by atoms with Crippen molar-refractivity contribution in [1.29, 1.82) is 0 Å². The van der Waals surface area contributed by atoms with Gasteiger partial charge in [0, 0.05) is 7.11 Å². The Hall–Kier alpha value is -1.41. The van der Waals surface area contributed by atoms with E-state index in [0.29, 0.717) is 23.3 Å². The van der Waals surface area contributed by atoms with Crippen LogP contribution in [0.5, 0.6) is 0 Å². The number of hydrogen-bond acceptors (Lipinski definition) is 5. The first-order valence-electron chi connectivity index (χ1n) is 5.27. The Bertz CT molecular complexity index is 489. The van der Waals surface area contributed by atoms with Gasteiger partial charge in [0.25, 0.3) is 5.56 Å². The monoisotopic (exact) mass is 318 g/mol.